The molecule has 0 spiro atoms. The lowest BCUT2D eigenvalue weighted by Gasteiger charge is -2.02. The van der Waals surface area contributed by atoms with Crippen molar-refractivity contribution in [2.24, 2.45) is 0 Å². The van der Waals surface area contributed by atoms with Gasteiger partial charge in [-0.1, -0.05) is 5.16 Å². The van der Waals surface area contributed by atoms with Gasteiger partial charge >= 0.3 is 0 Å². The van der Waals surface area contributed by atoms with E-state index in [1.54, 1.807) is 6.07 Å². The molecule has 0 bridgehead atoms. The molecule has 0 unspecified atom stereocenters. The highest BCUT2D eigenvalue weighted by atomic mass is 16.7. The first-order valence-electron chi connectivity index (χ1n) is 4.59. The van der Waals surface area contributed by atoms with Gasteiger partial charge in [0.2, 0.25) is 12.7 Å². The lowest BCUT2D eigenvalue weighted by atomic mass is 10.1. The number of ether oxygens (including phenoxy) is 2. The highest BCUT2D eigenvalue weighted by molar-refractivity contribution is 5.72. The second-order valence-corrected chi connectivity index (χ2v) is 3.34. The number of rotatable bonds is 1. The topological polar surface area (TPSA) is 90.7 Å². The smallest absolute Gasteiger partial charge is 0.231 e. The van der Waals surface area contributed by atoms with E-state index in [1.165, 1.54) is 12.1 Å². The zero-order chi connectivity index (χ0) is 11.1. The molecule has 6 nitrogen and oxygen atoms in total. The van der Waals surface area contributed by atoms with Crippen molar-refractivity contribution in [1.29, 1.82) is 0 Å². The molecule has 0 saturated carbocycles. The summed E-state index contributed by atoms with van der Waals surface area (Å²) in [6.07, 6.45) is 0. The van der Waals surface area contributed by atoms with Gasteiger partial charge in [0.05, 0.1) is 0 Å². The van der Waals surface area contributed by atoms with E-state index in [0.29, 0.717) is 22.8 Å². The molecule has 82 valence electrons. The lowest BCUT2D eigenvalue weighted by molar-refractivity contribution is 0.174. The van der Waals surface area contributed by atoms with Crippen LogP contribution in [0.25, 0.3) is 11.3 Å². The van der Waals surface area contributed by atoms with Gasteiger partial charge in [0.25, 0.3) is 0 Å². The summed E-state index contributed by atoms with van der Waals surface area (Å²) >= 11 is 0. The molecule has 1 aliphatic heterocycles. The van der Waals surface area contributed by atoms with Crippen molar-refractivity contribution >= 4 is 5.88 Å². The zero-order valence-corrected chi connectivity index (χ0v) is 8.14. The zero-order valence-electron chi connectivity index (χ0n) is 8.14. The van der Waals surface area contributed by atoms with E-state index in [1.807, 2.05) is 0 Å². The van der Waals surface area contributed by atoms with Crippen LogP contribution in [0.5, 0.6) is 17.2 Å². The average molecular weight is 220 g/mol. The van der Waals surface area contributed by atoms with Crippen molar-refractivity contribution in [2.45, 2.75) is 0 Å². The van der Waals surface area contributed by atoms with Crippen molar-refractivity contribution in [3.8, 4) is 28.5 Å². The summed E-state index contributed by atoms with van der Waals surface area (Å²) in [5, 5.41) is 13.5. The Morgan fingerprint density at radius 2 is 1.94 bits per heavy atom. The first-order valence-corrected chi connectivity index (χ1v) is 4.59. The number of phenols is 1. The van der Waals surface area contributed by atoms with Crippen LogP contribution in [0, 0.1) is 0 Å². The van der Waals surface area contributed by atoms with Gasteiger partial charge < -0.3 is 24.8 Å². The van der Waals surface area contributed by atoms with Gasteiger partial charge in [-0.05, 0) is 6.07 Å². The number of anilines is 1. The SMILES string of the molecule is Nc1cc(-c2cc3c(cc2O)OCO3)no1. The third-order valence-corrected chi connectivity index (χ3v) is 2.30. The summed E-state index contributed by atoms with van der Waals surface area (Å²) in [7, 11) is 0. The minimum absolute atomic E-state index is 0.0394. The minimum Gasteiger partial charge on any atom is -0.507 e. The highest BCUT2D eigenvalue weighted by Gasteiger charge is 2.19. The predicted octanol–water partition coefficient (Wildman–Crippen LogP) is 1.36. The largest absolute Gasteiger partial charge is 0.507 e. The van der Waals surface area contributed by atoms with Gasteiger partial charge in [0.15, 0.2) is 11.5 Å². The lowest BCUT2D eigenvalue weighted by Crippen LogP contribution is -1.92. The molecule has 1 aromatic heterocycles. The van der Waals surface area contributed by atoms with Gasteiger partial charge in [0.1, 0.15) is 11.4 Å². The maximum Gasteiger partial charge on any atom is 0.231 e. The standard InChI is InChI=1S/C10H8N2O4/c11-10-2-6(12-16-10)5-1-8-9(3-7(5)13)15-4-14-8/h1-3,13H,4,11H2. The Balaban J connectivity index is 2.14. The van der Waals surface area contributed by atoms with Crippen LogP contribution in [0.1, 0.15) is 0 Å². The molecule has 0 radical (unpaired) electrons. The maximum absolute atomic E-state index is 9.78. The fraction of sp³-hybridized carbons (Fsp3) is 0.100. The third kappa shape index (κ3) is 1.23. The number of aromatic hydroxyl groups is 1. The van der Waals surface area contributed by atoms with Crippen LogP contribution in [-0.4, -0.2) is 17.1 Å². The molecule has 2 heterocycles. The molecule has 0 fully saturated rings. The molecular weight excluding hydrogens is 212 g/mol. The first-order chi connectivity index (χ1) is 7.74. The Hall–Kier alpha value is -2.37. The Labute approximate surface area is 90.2 Å². The molecule has 2 aromatic rings. The van der Waals surface area contributed by atoms with E-state index >= 15 is 0 Å². The quantitative estimate of drug-likeness (QED) is 0.753. The van der Waals surface area contributed by atoms with Crippen LogP contribution in [-0.2, 0) is 0 Å². The fourth-order valence-electron chi connectivity index (χ4n) is 1.55. The minimum atomic E-state index is 0.0394. The third-order valence-electron chi connectivity index (χ3n) is 2.30. The van der Waals surface area contributed by atoms with Crippen molar-refractivity contribution < 1.29 is 19.1 Å². The number of hydrogen-bond donors (Lipinski definition) is 2. The number of nitrogens with two attached hydrogens (primary N) is 1. The van der Waals surface area contributed by atoms with Crippen molar-refractivity contribution in [3.63, 3.8) is 0 Å². The normalized spacial score (nSPS) is 13.0. The second-order valence-electron chi connectivity index (χ2n) is 3.34. The Bertz CT molecular complexity index is 550. The summed E-state index contributed by atoms with van der Waals surface area (Å²) in [4.78, 5) is 0. The number of nitrogens with zero attached hydrogens (tertiary/aromatic N) is 1. The summed E-state index contributed by atoms with van der Waals surface area (Å²) < 4.78 is 15.1. The summed E-state index contributed by atoms with van der Waals surface area (Å²) in [6, 6.07) is 4.63. The van der Waals surface area contributed by atoms with Crippen LogP contribution in [0.4, 0.5) is 5.88 Å². The van der Waals surface area contributed by atoms with E-state index < -0.39 is 0 Å². The van der Waals surface area contributed by atoms with Crippen LogP contribution < -0.4 is 15.2 Å². The number of benzene rings is 1. The Kier molecular flexibility index (Phi) is 1.70. The number of nitrogen functional groups attached to an aromatic ring is 1. The molecule has 1 aromatic carbocycles. The molecule has 3 rings (SSSR count). The molecule has 0 saturated heterocycles. The number of aromatic nitrogens is 1. The van der Waals surface area contributed by atoms with Crippen LogP contribution in [0.15, 0.2) is 22.7 Å². The van der Waals surface area contributed by atoms with Gasteiger partial charge in [-0.25, -0.2) is 0 Å². The summed E-state index contributed by atoms with van der Waals surface area (Å²) in [5.41, 5.74) is 6.35. The maximum atomic E-state index is 9.78. The molecule has 3 N–H and O–H groups in total. The Morgan fingerprint density at radius 3 is 2.62 bits per heavy atom. The van der Waals surface area contributed by atoms with Gasteiger partial charge in [-0.3, -0.25) is 0 Å². The molecule has 0 amide bonds. The van der Waals surface area contributed by atoms with Crippen molar-refractivity contribution in [2.75, 3.05) is 12.5 Å². The van der Waals surface area contributed by atoms with E-state index in [2.05, 4.69) is 5.16 Å². The van der Waals surface area contributed by atoms with Crippen LogP contribution in [0.3, 0.4) is 0 Å². The number of fused-ring (bicyclic) bond motifs is 1. The molecule has 1 aliphatic rings. The molecule has 6 heteroatoms. The van der Waals surface area contributed by atoms with Crippen LogP contribution >= 0.6 is 0 Å². The van der Waals surface area contributed by atoms with E-state index in [4.69, 9.17) is 19.7 Å². The highest BCUT2D eigenvalue weighted by Crippen LogP contribution is 2.41. The number of phenolic OH excluding ortho intramolecular Hbond substituents is 1. The predicted molar refractivity (Wildman–Crippen MR) is 54.1 cm³/mol. The molecular formula is C10H8N2O4. The summed E-state index contributed by atoms with van der Waals surface area (Å²) in [6.45, 7) is 0.152. The van der Waals surface area contributed by atoms with Gasteiger partial charge in [-0.2, -0.15) is 0 Å². The fourth-order valence-corrected chi connectivity index (χ4v) is 1.55. The Morgan fingerprint density at radius 1 is 1.19 bits per heavy atom. The molecule has 0 aliphatic carbocycles. The van der Waals surface area contributed by atoms with Gasteiger partial charge in [-0.15, -0.1) is 0 Å². The molecule has 0 atom stereocenters. The number of hydrogen-bond acceptors (Lipinski definition) is 6. The van der Waals surface area contributed by atoms with Gasteiger partial charge in [0, 0.05) is 17.7 Å². The average Bonchev–Trinajstić information content (AvgIpc) is 2.84. The summed E-state index contributed by atoms with van der Waals surface area (Å²) in [5.74, 6) is 1.30. The van der Waals surface area contributed by atoms with Crippen LogP contribution in [0.2, 0.25) is 0 Å². The monoisotopic (exact) mass is 220 g/mol. The van der Waals surface area contributed by atoms with Crippen molar-refractivity contribution in [1.82, 2.24) is 5.16 Å². The van der Waals surface area contributed by atoms with Crippen molar-refractivity contribution in [3.05, 3.63) is 18.2 Å². The second kappa shape index (κ2) is 3.06. The van der Waals surface area contributed by atoms with E-state index in [9.17, 15) is 5.11 Å². The van der Waals surface area contributed by atoms with E-state index in [0.717, 1.165) is 0 Å². The molecule has 16 heavy (non-hydrogen) atoms. The first kappa shape index (κ1) is 8.90. The van der Waals surface area contributed by atoms with E-state index in [-0.39, 0.29) is 18.4 Å².